The number of carbonyl (C=O) groups is 2. The minimum absolute atomic E-state index is 0.121. The van der Waals surface area contributed by atoms with Gasteiger partial charge in [0, 0.05) is 10.9 Å². The minimum Gasteiger partial charge on any atom is -0.483 e. The third-order valence-corrected chi connectivity index (χ3v) is 6.54. The molecule has 0 aliphatic heterocycles. The number of anilines is 1. The summed E-state index contributed by atoms with van der Waals surface area (Å²) in [5.41, 5.74) is 6.39. The number of esters is 1. The number of hydrogen-bond donors (Lipinski definition) is 1. The fourth-order valence-electron chi connectivity index (χ4n) is 3.64. The molecular formula is C28H33NO4S. The van der Waals surface area contributed by atoms with Crippen LogP contribution in [0.25, 0.3) is 11.1 Å². The fraction of sp³-hybridized carbons (Fsp3) is 0.357. The van der Waals surface area contributed by atoms with Crippen LogP contribution in [0.2, 0.25) is 0 Å². The van der Waals surface area contributed by atoms with Crippen molar-refractivity contribution in [1.29, 1.82) is 0 Å². The summed E-state index contributed by atoms with van der Waals surface area (Å²) in [5, 5.41) is 5.20. The Morgan fingerprint density at radius 1 is 1.00 bits per heavy atom. The number of ether oxygens (including phenoxy) is 2. The summed E-state index contributed by atoms with van der Waals surface area (Å²) in [6, 6.07) is 12.0. The molecule has 1 aromatic heterocycles. The topological polar surface area (TPSA) is 64.6 Å². The van der Waals surface area contributed by atoms with E-state index in [9.17, 15) is 9.59 Å². The van der Waals surface area contributed by atoms with Gasteiger partial charge in [0.05, 0.1) is 6.61 Å². The fourth-order valence-corrected chi connectivity index (χ4v) is 4.61. The van der Waals surface area contributed by atoms with E-state index in [4.69, 9.17) is 9.47 Å². The van der Waals surface area contributed by atoms with Gasteiger partial charge in [-0.1, -0.05) is 56.7 Å². The molecule has 1 N–H and O–H groups in total. The van der Waals surface area contributed by atoms with E-state index in [2.05, 4.69) is 32.2 Å². The second-order valence-corrected chi connectivity index (χ2v) is 10.3. The van der Waals surface area contributed by atoms with E-state index in [-0.39, 0.29) is 24.5 Å². The van der Waals surface area contributed by atoms with Crippen LogP contribution in [0.3, 0.4) is 0 Å². The number of amides is 1. The first-order valence-electron chi connectivity index (χ1n) is 11.4. The van der Waals surface area contributed by atoms with Crippen LogP contribution < -0.4 is 10.1 Å². The maximum absolute atomic E-state index is 12.8. The zero-order valence-electron chi connectivity index (χ0n) is 21.0. The summed E-state index contributed by atoms with van der Waals surface area (Å²) in [6.07, 6.45) is 0. The highest BCUT2D eigenvalue weighted by Gasteiger charge is 2.24. The highest BCUT2D eigenvalue weighted by molar-refractivity contribution is 7.15. The molecule has 0 saturated carbocycles. The van der Waals surface area contributed by atoms with Crippen molar-refractivity contribution in [3.05, 3.63) is 69.6 Å². The van der Waals surface area contributed by atoms with E-state index in [1.165, 1.54) is 16.9 Å². The largest absolute Gasteiger partial charge is 0.483 e. The van der Waals surface area contributed by atoms with Crippen LogP contribution in [-0.4, -0.2) is 25.1 Å². The molecule has 2 aromatic carbocycles. The van der Waals surface area contributed by atoms with Gasteiger partial charge in [-0.15, -0.1) is 11.3 Å². The number of rotatable bonds is 7. The molecule has 5 nitrogen and oxygen atoms in total. The van der Waals surface area contributed by atoms with Gasteiger partial charge in [0.2, 0.25) is 0 Å². The number of nitrogens with one attached hydrogen (secondary N) is 1. The van der Waals surface area contributed by atoms with Gasteiger partial charge < -0.3 is 14.8 Å². The molecular weight excluding hydrogens is 446 g/mol. The van der Waals surface area contributed by atoms with E-state index in [0.717, 1.165) is 27.8 Å². The predicted octanol–water partition coefficient (Wildman–Crippen LogP) is 6.83. The number of hydrogen-bond acceptors (Lipinski definition) is 5. The van der Waals surface area contributed by atoms with Gasteiger partial charge in [0.15, 0.2) is 6.61 Å². The quantitative estimate of drug-likeness (QED) is 0.377. The molecule has 0 spiro atoms. The van der Waals surface area contributed by atoms with Crippen molar-refractivity contribution in [3.63, 3.8) is 0 Å². The van der Waals surface area contributed by atoms with Gasteiger partial charge in [0.1, 0.15) is 16.3 Å². The SMILES string of the molecule is CCOC(=O)c1c(-c2ccc(C)c(C)c2)csc1NC(=O)COc1ccc(C)cc1C(C)(C)C. The highest BCUT2D eigenvalue weighted by atomic mass is 32.1. The predicted molar refractivity (Wildman–Crippen MR) is 139 cm³/mol. The molecule has 1 heterocycles. The molecule has 1 amide bonds. The van der Waals surface area contributed by atoms with E-state index in [0.29, 0.717) is 16.3 Å². The van der Waals surface area contributed by atoms with E-state index < -0.39 is 5.97 Å². The molecule has 3 rings (SSSR count). The first-order chi connectivity index (χ1) is 16.0. The Morgan fingerprint density at radius 3 is 2.38 bits per heavy atom. The normalized spacial score (nSPS) is 11.3. The summed E-state index contributed by atoms with van der Waals surface area (Å²) in [7, 11) is 0. The Hall–Kier alpha value is -3.12. The van der Waals surface area contributed by atoms with Crippen LogP contribution in [0.15, 0.2) is 41.8 Å². The number of aryl methyl sites for hydroxylation is 3. The summed E-state index contributed by atoms with van der Waals surface area (Å²) < 4.78 is 11.2. The van der Waals surface area contributed by atoms with Crippen LogP contribution in [-0.2, 0) is 14.9 Å². The lowest BCUT2D eigenvalue weighted by Crippen LogP contribution is -2.22. The molecule has 3 aromatic rings. The number of carbonyl (C=O) groups excluding carboxylic acids is 2. The average Bonchev–Trinajstić information content (AvgIpc) is 3.17. The Bertz CT molecular complexity index is 1200. The molecule has 0 bridgehead atoms. The summed E-state index contributed by atoms with van der Waals surface area (Å²) >= 11 is 1.31. The van der Waals surface area contributed by atoms with Crippen LogP contribution >= 0.6 is 11.3 Å². The lowest BCUT2D eigenvalue weighted by atomic mass is 9.85. The monoisotopic (exact) mass is 479 g/mol. The average molecular weight is 480 g/mol. The lowest BCUT2D eigenvalue weighted by Gasteiger charge is -2.23. The molecule has 0 fully saturated rings. The third kappa shape index (κ3) is 5.86. The summed E-state index contributed by atoms with van der Waals surface area (Å²) in [5.74, 6) is -0.109. The number of benzene rings is 2. The van der Waals surface area contributed by atoms with Crippen molar-refractivity contribution < 1.29 is 19.1 Å². The summed E-state index contributed by atoms with van der Waals surface area (Å²) in [6.45, 7) is 14.3. The van der Waals surface area contributed by atoms with Crippen molar-refractivity contribution in [2.24, 2.45) is 0 Å². The molecule has 34 heavy (non-hydrogen) atoms. The molecule has 0 aliphatic carbocycles. The number of thiophene rings is 1. The second kappa shape index (κ2) is 10.4. The van der Waals surface area contributed by atoms with Crippen LogP contribution in [0, 0.1) is 20.8 Å². The third-order valence-electron chi connectivity index (χ3n) is 5.64. The molecule has 0 saturated heterocycles. The maximum Gasteiger partial charge on any atom is 0.341 e. The molecule has 0 unspecified atom stereocenters. The highest BCUT2D eigenvalue weighted by Crippen LogP contribution is 2.37. The van der Waals surface area contributed by atoms with E-state index in [1.54, 1.807) is 6.92 Å². The van der Waals surface area contributed by atoms with Crippen LogP contribution in [0.1, 0.15) is 60.3 Å². The Kier molecular flexibility index (Phi) is 7.82. The Morgan fingerprint density at radius 2 is 1.74 bits per heavy atom. The molecule has 6 heteroatoms. The molecule has 0 atom stereocenters. The van der Waals surface area contributed by atoms with E-state index in [1.807, 2.05) is 56.5 Å². The molecule has 0 radical (unpaired) electrons. The smallest absolute Gasteiger partial charge is 0.341 e. The zero-order valence-corrected chi connectivity index (χ0v) is 21.8. The first kappa shape index (κ1) is 25.5. The van der Waals surface area contributed by atoms with Crippen LogP contribution in [0.5, 0.6) is 5.75 Å². The van der Waals surface area contributed by atoms with Crippen molar-refractivity contribution >= 4 is 28.2 Å². The second-order valence-electron chi connectivity index (χ2n) is 9.46. The van der Waals surface area contributed by atoms with Crippen molar-refractivity contribution in [3.8, 4) is 16.9 Å². The van der Waals surface area contributed by atoms with Crippen LogP contribution in [0.4, 0.5) is 5.00 Å². The standard InChI is InChI=1S/C28H33NO4S/c1-8-32-27(31)25-21(20-11-10-18(3)19(4)14-20)16-34-26(25)29-24(30)15-33-23-12-9-17(2)13-22(23)28(5,6)7/h9-14,16H,8,15H2,1-7H3,(H,29,30). The van der Waals surface area contributed by atoms with Gasteiger partial charge >= 0.3 is 5.97 Å². The van der Waals surface area contributed by atoms with Gasteiger partial charge in [0.25, 0.3) is 5.91 Å². The lowest BCUT2D eigenvalue weighted by molar-refractivity contribution is -0.118. The first-order valence-corrected chi connectivity index (χ1v) is 12.3. The van der Waals surface area contributed by atoms with Crippen molar-refractivity contribution in [1.82, 2.24) is 0 Å². The van der Waals surface area contributed by atoms with Gasteiger partial charge in [-0.2, -0.15) is 0 Å². The zero-order chi connectivity index (χ0) is 25.0. The maximum atomic E-state index is 12.8. The van der Waals surface area contributed by atoms with Gasteiger partial charge in [-0.25, -0.2) is 4.79 Å². The van der Waals surface area contributed by atoms with Gasteiger partial charge in [-0.05, 0) is 61.4 Å². The van der Waals surface area contributed by atoms with Gasteiger partial charge in [-0.3, -0.25) is 4.79 Å². The Labute approximate surface area is 206 Å². The Balaban J connectivity index is 1.84. The van der Waals surface area contributed by atoms with E-state index >= 15 is 0 Å². The van der Waals surface area contributed by atoms with Crippen molar-refractivity contribution in [2.75, 3.05) is 18.5 Å². The molecule has 180 valence electrons. The van der Waals surface area contributed by atoms with Crippen molar-refractivity contribution in [2.45, 2.75) is 53.9 Å². The minimum atomic E-state index is -0.457. The molecule has 0 aliphatic rings. The summed E-state index contributed by atoms with van der Waals surface area (Å²) in [4.78, 5) is 25.6.